The summed E-state index contributed by atoms with van der Waals surface area (Å²) in [5.41, 5.74) is 6.09. The van der Waals surface area contributed by atoms with Crippen LogP contribution in [-0.2, 0) is 4.74 Å². The molecule has 0 fully saturated rings. The second-order valence-electron chi connectivity index (χ2n) is 4.73. The maximum absolute atomic E-state index is 13.0. The third-order valence-corrected chi connectivity index (χ3v) is 2.80. The van der Waals surface area contributed by atoms with Crippen molar-refractivity contribution in [1.29, 1.82) is 0 Å². The van der Waals surface area contributed by atoms with Gasteiger partial charge in [-0.2, -0.15) is 13.2 Å². The summed E-state index contributed by atoms with van der Waals surface area (Å²) in [6.07, 6.45) is -3.90. The summed E-state index contributed by atoms with van der Waals surface area (Å²) >= 11 is 0. The van der Waals surface area contributed by atoms with Crippen LogP contribution in [0.15, 0.2) is 24.3 Å². The highest BCUT2D eigenvalue weighted by Gasteiger charge is 2.39. The third-order valence-electron chi connectivity index (χ3n) is 2.80. The highest BCUT2D eigenvalue weighted by atomic mass is 19.4. The van der Waals surface area contributed by atoms with Gasteiger partial charge in [0.1, 0.15) is 6.04 Å². The smallest absolute Gasteiger partial charge is 0.410 e. The lowest BCUT2D eigenvalue weighted by Gasteiger charge is -2.23. The van der Waals surface area contributed by atoms with Gasteiger partial charge in [0.05, 0.1) is 6.61 Å². The van der Waals surface area contributed by atoms with Crippen LogP contribution in [0.1, 0.15) is 19.8 Å². The van der Waals surface area contributed by atoms with Crippen molar-refractivity contribution >= 4 is 17.5 Å². The van der Waals surface area contributed by atoms with E-state index in [-0.39, 0.29) is 12.3 Å². The van der Waals surface area contributed by atoms with E-state index in [2.05, 4.69) is 10.6 Å². The number of carbonyl (C=O) groups is 1. The van der Waals surface area contributed by atoms with Crippen LogP contribution in [0.3, 0.4) is 0 Å². The molecule has 0 aliphatic rings. The number of rotatable bonds is 7. The molecule has 0 saturated carbocycles. The lowest BCUT2D eigenvalue weighted by Crippen LogP contribution is -2.46. The van der Waals surface area contributed by atoms with Gasteiger partial charge in [-0.05, 0) is 24.6 Å². The van der Waals surface area contributed by atoms with E-state index in [0.717, 1.165) is 6.42 Å². The fourth-order valence-electron chi connectivity index (χ4n) is 1.62. The molecule has 4 N–H and O–H groups in total. The third kappa shape index (κ3) is 6.55. The molecule has 0 saturated heterocycles. The Balaban J connectivity index is 2.57. The summed E-state index contributed by atoms with van der Waals surface area (Å²) in [4.78, 5) is 11.3. The summed E-state index contributed by atoms with van der Waals surface area (Å²) in [6.45, 7) is 1.46. The molecule has 1 amide bonds. The van der Waals surface area contributed by atoms with Gasteiger partial charge in [0.25, 0.3) is 0 Å². The number of hydrogen-bond donors (Lipinski definition) is 3. The SMILES string of the molecule is CCCCOC(=O)NCC(Nc1cccc(N)c1)C(F)(F)F. The average Bonchev–Trinajstić information content (AvgIpc) is 2.42. The number of nitrogen functional groups attached to an aromatic ring is 1. The Morgan fingerprint density at radius 2 is 2.14 bits per heavy atom. The number of benzene rings is 1. The monoisotopic (exact) mass is 319 g/mol. The molecule has 1 aromatic rings. The molecule has 1 aromatic carbocycles. The van der Waals surface area contributed by atoms with Gasteiger partial charge < -0.3 is 21.1 Å². The second-order valence-corrected chi connectivity index (χ2v) is 4.73. The maximum atomic E-state index is 13.0. The van der Waals surface area contributed by atoms with E-state index >= 15 is 0 Å². The first-order chi connectivity index (χ1) is 10.3. The molecular weight excluding hydrogens is 299 g/mol. The summed E-state index contributed by atoms with van der Waals surface area (Å²) in [5, 5.41) is 4.42. The van der Waals surface area contributed by atoms with Crippen molar-refractivity contribution in [2.24, 2.45) is 0 Å². The molecule has 0 aliphatic carbocycles. The van der Waals surface area contributed by atoms with E-state index in [0.29, 0.717) is 12.1 Å². The fourth-order valence-corrected chi connectivity index (χ4v) is 1.62. The van der Waals surface area contributed by atoms with E-state index in [9.17, 15) is 18.0 Å². The van der Waals surface area contributed by atoms with Crippen molar-refractivity contribution in [1.82, 2.24) is 5.32 Å². The lowest BCUT2D eigenvalue weighted by atomic mass is 10.2. The Morgan fingerprint density at radius 3 is 2.73 bits per heavy atom. The predicted octanol–water partition coefficient (Wildman–Crippen LogP) is 3.14. The van der Waals surface area contributed by atoms with E-state index in [1.807, 2.05) is 6.92 Å². The Labute approximate surface area is 127 Å². The second kappa shape index (κ2) is 8.35. The number of anilines is 2. The molecule has 22 heavy (non-hydrogen) atoms. The Hall–Kier alpha value is -2.12. The predicted molar refractivity (Wildman–Crippen MR) is 78.6 cm³/mol. The number of hydrogen-bond acceptors (Lipinski definition) is 4. The minimum Gasteiger partial charge on any atom is -0.450 e. The standard InChI is InChI=1S/C14H20F3N3O2/c1-2-3-7-22-13(21)19-9-12(14(15,16)17)20-11-6-4-5-10(18)8-11/h4-6,8,12,20H,2-3,7,9,18H2,1H3,(H,19,21). The molecule has 1 rings (SSSR count). The number of alkyl halides is 3. The van der Waals surface area contributed by atoms with Crippen molar-refractivity contribution in [3.63, 3.8) is 0 Å². The van der Waals surface area contributed by atoms with Crippen LogP contribution in [0.25, 0.3) is 0 Å². The zero-order chi connectivity index (χ0) is 16.6. The Kier molecular flexibility index (Phi) is 6.81. The molecule has 0 spiro atoms. The number of halogens is 3. The summed E-state index contributed by atoms with van der Waals surface area (Å²) in [5.74, 6) is 0. The lowest BCUT2D eigenvalue weighted by molar-refractivity contribution is -0.141. The minimum absolute atomic E-state index is 0.182. The van der Waals surface area contributed by atoms with Gasteiger partial charge in [-0.3, -0.25) is 0 Å². The van der Waals surface area contributed by atoms with Gasteiger partial charge in [0.15, 0.2) is 0 Å². The first kappa shape index (κ1) is 17.9. The van der Waals surface area contributed by atoms with E-state index in [1.54, 1.807) is 6.07 Å². The quantitative estimate of drug-likeness (QED) is 0.533. The van der Waals surface area contributed by atoms with Crippen molar-refractivity contribution in [3.8, 4) is 0 Å². The molecule has 0 aliphatic heterocycles. The van der Waals surface area contributed by atoms with Gasteiger partial charge in [-0.1, -0.05) is 19.4 Å². The number of nitrogens with two attached hydrogens (primary N) is 1. The van der Waals surface area contributed by atoms with Gasteiger partial charge in [0.2, 0.25) is 0 Å². The average molecular weight is 319 g/mol. The van der Waals surface area contributed by atoms with Crippen molar-refractivity contribution in [3.05, 3.63) is 24.3 Å². The highest BCUT2D eigenvalue weighted by molar-refractivity contribution is 5.67. The molecule has 0 radical (unpaired) electrons. The molecular formula is C14H20F3N3O2. The topological polar surface area (TPSA) is 76.4 Å². The van der Waals surface area contributed by atoms with Gasteiger partial charge in [0, 0.05) is 17.9 Å². The van der Waals surface area contributed by atoms with E-state index in [1.165, 1.54) is 18.2 Å². The van der Waals surface area contributed by atoms with Crippen LogP contribution < -0.4 is 16.4 Å². The normalized spacial score (nSPS) is 12.5. The van der Waals surface area contributed by atoms with Crippen LogP contribution >= 0.6 is 0 Å². The summed E-state index contributed by atoms with van der Waals surface area (Å²) < 4.78 is 43.7. The van der Waals surface area contributed by atoms with E-state index < -0.39 is 24.9 Å². The van der Waals surface area contributed by atoms with Gasteiger partial charge >= 0.3 is 12.3 Å². The highest BCUT2D eigenvalue weighted by Crippen LogP contribution is 2.24. The van der Waals surface area contributed by atoms with Crippen molar-refractivity contribution in [2.45, 2.75) is 32.0 Å². The van der Waals surface area contributed by atoms with E-state index in [4.69, 9.17) is 10.5 Å². The van der Waals surface area contributed by atoms with Gasteiger partial charge in [-0.15, -0.1) is 0 Å². The molecule has 1 atom stereocenters. The fraction of sp³-hybridized carbons (Fsp3) is 0.500. The number of carbonyl (C=O) groups excluding carboxylic acids is 1. The molecule has 1 unspecified atom stereocenters. The van der Waals surface area contributed by atoms with Crippen molar-refractivity contribution < 1.29 is 22.7 Å². The zero-order valence-electron chi connectivity index (χ0n) is 12.2. The van der Waals surface area contributed by atoms with Gasteiger partial charge in [-0.25, -0.2) is 4.79 Å². The van der Waals surface area contributed by atoms with Crippen LogP contribution in [0.2, 0.25) is 0 Å². The van der Waals surface area contributed by atoms with Crippen LogP contribution in [0, 0.1) is 0 Å². The number of unbranched alkanes of at least 4 members (excludes halogenated alkanes) is 1. The first-order valence-corrected chi connectivity index (χ1v) is 6.92. The number of ether oxygens (including phenoxy) is 1. The van der Waals surface area contributed by atoms with Crippen LogP contribution in [0.4, 0.5) is 29.3 Å². The Morgan fingerprint density at radius 1 is 1.41 bits per heavy atom. The molecule has 5 nitrogen and oxygen atoms in total. The first-order valence-electron chi connectivity index (χ1n) is 6.92. The molecule has 0 bridgehead atoms. The molecule has 8 heteroatoms. The largest absolute Gasteiger partial charge is 0.450 e. The number of amides is 1. The number of nitrogens with one attached hydrogen (secondary N) is 2. The van der Waals surface area contributed by atoms with Crippen LogP contribution in [-0.4, -0.2) is 31.5 Å². The zero-order valence-corrected chi connectivity index (χ0v) is 12.2. The van der Waals surface area contributed by atoms with Crippen LogP contribution in [0.5, 0.6) is 0 Å². The maximum Gasteiger partial charge on any atom is 0.410 e. The Bertz CT molecular complexity index is 481. The van der Waals surface area contributed by atoms with Crippen molar-refractivity contribution in [2.75, 3.05) is 24.2 Å². The summed E-state index contributed by atoms with van der Waals surface area (Å²) in [7, 11) is 0. The summed E-state index contributed by atoms with van der Waals surface area (Å²) in [6, 6.07) is 4.02. The molecule has 0 heterocycles. The minimum atomic E-state index is -4.53. The molecule has 124 valence electrons. The number of alkyl carbamates (subject to hydrolysis) is 1. The molecule has 0 aromatic heterocycles.